The highest BCUT2D eigenvalue weighted by Gasteiger charge is 2.13. The van der Waals surface area contributed by atoms with Gasteiger partial charge in [0, 0.05) is 11.6 Å². The summed E-state index contributed by atoms with van der Waals surface area (Å²) in [6, 6.07) is 7.24. The van der Waals surface area contributed by atoms with E-state index >= 15 is 0 Å². The van der Waals surface area contributed by atoms with Crippen molar-refractivity contribution in [2.75, 3.05) is 0 Å². The molecule has 0 saturated heterocycles. The van der Waals surface area contributed by atoms with Crippen molar-refractivity contribution in [3.05, 3.63) is 62.9 Å². The Morgan fingerprint density at radius 2 is 1.90 bits per heavy atom. The normalized spacial score (nSPS) is 10.1. The third kappa shape index (κ3) is 2.92. The van der Waals surface area contributed by atoms with Crippen LogP contribution >= 0.6 is 11.6 Å². The molecule has 0 bridgehead atoms. The Kier molecular flexibility index (Phi) is 3.95. The third-order valence-electron chi connectivity index (χ3n) is 2.44. The Bertz CT molecular complexity index is 690. The number of hydrogen-bond donors (Lipinski definition) is 0. The van der Waals surface area contributed by atoms with E-state index in [0.717, 1.165) is 18.2 Å². The minimum Gasteiger partial charge on any atom is -0.453 e. The lowest BCUT2D eigenvalue weighted by atomic mass is 10.2. The maximum absolute atomic E-state index is 13.6. The van der Waals surface area contributed by atoms with Gasteiger partial charge in [0.15, 0.2) is 11.6 Å². The van der Waals surface area contributed by atoms with Crippen LogP contribution in [-0.4, -0.2) is 11.2 Å². The molecule has 0 spiro atoms. The van der Waals surface area contributed by atoms with Gasteiger partial charge in [-0.2, -0.15) is 0 Å². The highest BCUT2D eigenvalue weighted by molar-refractivity contribution is 6.32. The minimum atomic E-state index is -0.880. The summed E-state index contributed by atoms with van der Waals surface area (Å²) in [7, 11) is 0. The van der Waals surface area contributed by atoms with Gasteiger partial charge in [0.25, 0.3) is 5.69 Å². The van der Waals surface area contributed by atoms with Crippen LogP contribution in [0.1, 0.15) is 10.4 Å². The van der Waals surface area contributed by atoms with E-state index in [2.05, 4.69) is 0 Å². The number of carbonyl (C=O) groups is 1. The zero-order chi connectivity index (χ0) is 14.7. The Labute approximate surface area is 117 Å². The number of ether oxygens (including phenoxy) is 1. The number of nitro groups is 1. The molecule has 0 aliphatic heterocycles. The highest BCUT2D eigenvalue weighted by atomic mass is 35.5. The molecular formula is C13H7ClFNO4. The van der Waals surface area contributed by atoms with Crippen LogP contribution in [0.4, 0.5) is 10.1 Å². The van der Waals surface area contributed by atoms with E-state index in [4.69, 9.17) is 16.3 Å². The van der Waals surface area contributed by atoms with E-state index in [1.807, 2.05) is 0 Å². The van der Waals surface area contributed by atoms with Gasteiger partial charge >= 0.3 is 0 Å². The second-order valence-electron chi connectivity index (χ2n) is 3.78. The zero-order valence-corrected chi connectivity index (χ0v) is 10.6. The lowest BCUT2D eigenvalue weighted by Gasteiger charge is -2.08. The summed E-state index contributed by atoms with van der Waals surface area (Å²) >= 11 is 5.88. The number of aldehydes is 1. The van der Waals surface area contributed by atoms with E-state index in [9.17, 15) is 19.3 Å². The van der Waals surface area contributed by atoms with Gasteiger partial charge in [0.2, 0.25) is 0 Å². The number of halogens is 2. The molecule has 5 nitrogen and oxygen atoms in total. The number of nitrogens with zero attached hydrogens (tertiary/aromatic N) is 1. The molecule has 0 heterocycles. The number of carbonyl (C=O) groups excluding carboxylic acids is 1. The number of rotatable bonds is 4. The number of hydrogen-bond acceptors (Lipinski definition) is 4. The fourth-order valence-electron chi connectivity index (χ4n) is 1.48. The average molecular weight is 296 g/mol. The Morgan fingerprint density at radius 3 is 2.45 bits per heavy atom. The summed E-state index contributed by atoms with van der Waals surface area (Å²) in [6.07, 6.45) is 0.613. The van der Waals surface area contributed by atoms with E-state index in [1.165, 1.54) is 18.2 Å². The maximum Gasteiger partial charge on any atom is 0.272 e. The first kappa shape index (κ1) is 14.0. The van der Waals surface area contributed by atoms with Crippen molar-refractivity contribution in [3.63, 3.8) is 0 Å². The molecule has 2 aromatic carbocycles. The molecule has 0 aliphatic carbocycles. The molecule has 0 amide bonds. The molecule has 0 aromatic heterocycles. The summed E-state index contributed by atoms with van der Waals surface area (Å²) < 4.78 is 18.9. The Balaban J connectivity index is 2.30. The number of non-ortho nitro benzene ring substituents is 1. The molecule has 7 heteroatoms. The van der Waals surface area contributed by atoms with Gasteiger partial charge in [-0.05, 0) is 24.3 Å². The quantitative estimate of drug-likeness (QED) is 0.486. The third-order valence-corrected chi connectivity index (χ3v) is 2.73. The van der Waals surface area contributed by atoms with Crippen molar-refractivity contribution in [2.45, 2.75) is 0 Å². The first-order valence-corrected chi connectivity index (χ1v) is 5.75. The van der Waals surface area contributed by atoms with Crippen LogP contribution in [0.25, 0.3) is 0 Å². The van der Waals surface area contributed by atoms with E-state index in [0.29, 0.717) is 11.8 Å². The SMILES string of the molecule is O=Cc1ccc(Oc2ccc([N+](=O)[O-])cc2F)c(Cl)c1. The lowest BCUT2D eigenvalue weighted by Crippen LogP contribution is -1.93. The van der Waals surface area contributed by atoms with Crippen molar-refractivity contribution in [3.8, 4) is 11.5 Å². The number of nitro benzene ring substituents is 1. The predicted molar refractivity (Wildman–Crippen MR) is 70.0 cm³/mol. The van der Waals surface area contributed by atoms with Gasteiger partial charge < -0.3 is 4.74 Å². The first-order chi connectivity index (χ1) is 9.51. The highest BCUT2D eigenvalue weighted by Crippen LogP contribution is 2.32. The maximum atomic E-state index is 13.6. The summed E-state index contributed by atoms with van der Waals surface area (Å²) in [5.74, 6) is -0.934. The van der Waals surface area contributed by atoms with Gasteiger partial charge in [0.1, 0.15) is 12.0 Å². The molecule has 0 unspecified atom stereocenters. The van der Waals surface area contributed by atoms with Crippen molar-refractivity contribution in [1.29, 1.82) is 0 Å². The van der Waals surface area contributed by atoms with Crippen LogP contribution in [0.3, 0.4) is 0 Å². The molecule has 0 atom stereocenters. The summed E-state index contributed by atoms with van der Waals surface area (Å²) in [4.78, 5) is 20.3. The largest absolute Gasteiger partial charge is 0.453 e. The van der Waals surface area contributed by atoms with E-state index < -0.39 is 10.7 Å². The molecule has 0 fully saturated rings. The van der Waals surface area contributed by atoms with Gasteiger partial charge in [-0.25, -0.2) is 4.39 Å². The van der Waals surface area contributed by atoms with Gasteiger partial charge in [-0.1, -0.05) is 11.6 Å². The van der Waals surface area contributed by atoms with Crippen LogP contribution in [0.5, 0.6) is 11.5 Å². The molecule has 20 heavy (non-hydrogen) atoms. The minimum absolute atomic E-state index is 0.132. The molecule has 102 valence electrons. The lowest BCUT2D eigenvalue weighted by molar-refractivity contribution is -0.385. The van der Waals surface area contributed by atoms with Crippen LogP contribution in [0.15, 0.2) is 36.4 Å². The predicted octanol–water partition coefficient (Wildman–Crippen LogP) is 3.99. The molecule has 2 aromatic rings. The van der Waals surface area contributed by atoms with Gasteiger partial charge in [-0.3, -0.25) is 14.9 Å². The Morgan fingerprint density at radius 1 is 1.20 bits per heavy atom. The van der Waals surface area contributed by atoms with Crippen LogP contribution < -0.4 is 4.74 Å². The Hall–Kier alpha value is -2.47. The van der Waals surface area contributed by atoms with E-state index in [1.54, 1.807) is 0 Å². The van der Waals surface area contributed by atoms with Crippen molar-refractivity contribution >= 4 is 23.6 Å². The van der Waals surface area contributed by atoms with Crippen molar-refractivity contribution in [1.82, 2.24) is 0 Å². The monoisotopic (exact) mass is 295 g/mol. The number of benzene rings is 2. The zero-order valence-electron chi connectivity index (χ0n) is 9.88. The van der Waals surface area contributed by atoms with Gasteiger partial charge in [-0.15, -0.1) is 0 Å². The molecule has 0 aliphatic rings. The molecule has 2 rings (SSSR count). The molecule has 0 N–H and O–H groups in total. The summed E-state index contributed by atoms with van der Waals surface area (Å²) in [5.41, 5.74) is -0.0243. The molecule has 0 radical (unpaired) electrons. The summed E-state index contributed by atoms with van der Waals surface area (Å²) in [5, 5.41) is 10.6. The second-order valence-corrected chi connectivity index (χ2v) is 4.19. The van der Waals surface area contributed by atoms with Crippen LogP contribution in [0.2, 0.25) is 5.02 Å². The average Bonchev–Trinajstić information content (AvgIpc) is 2.42. The second kappa shape index (κ2) is 5.66. The topological polar surface area (TPSA) is 69.4 Å². The summed E-state index contributed by atoms with van der Waals surface area (Å²) in [6.45, 7) is 0. The van der Waals surface area contributed by atoms with Gasteiger partial charge in [0.05, 0.1) is 16.0 Å². The molecule has 0 saturated carbocycles. The van der Waals surface area contributed by atoms with E-state index in [-0.39, 0.29) is 22.2 Å². The first-order valence-electron chi connectivity index (χ1n) is 5.38. The molecular weight excluding hydrogens is 289 g/mol. The van der Waals surface area contributed by atoms with Crippen LogP contribution in [0, 0.1) is 15.9 Å². The smallest absolute Gasteiger partial charge is 0.272 e. The fraction of sp³-hybridized carbons (Fsp3) is 0. The van der Waals surface area contributed by atoms with Crippen molar-refractivity contribution < 1.29 is 18.8 Å². The van der Waals surface area contributed by atoms with Crippen LogP contribution in [-0.2, 0) is 0 Å². The standard InChI is InChI=1S/C13H7ClFNO4/c14-10-5-8(7-17)1-3-12(10)20-13-4-2-9(16(18)19)6-11(13)15/h1-7H. The van der Waals surface area contributed by atoms with Crippen molar-refractivity contribution in [2.24, 2.45) is 0 Å². The fourth-order valence-corrected chi connectivity index (χ4v) is 1.71.